The average Bonchev–Trinajstić information content (AvgIpc) is 3.09. The molecule has 2 aromatic heterocycles. The number of rotatable bonds is 7. The van der Waals surface area contributed by atoms with Gasteiger partial charge in [0, 0.05) is 25.0 Å². The van der Waals surface area contributed by atoms with Crippen molar-refractivity contribution in [1.29, 1.82) is 0 Å². The van der Waals surface area contributed by atoms with Gasteiger partial charge in [-0.3, -0.25) is 14.7 Å². The smallest absolute Gasteiger partial charge is 0.238 e. The predicted octanol–water partition coefficient (Wildman–Crippen LogP) is 4.22. The van der Waals surface area contributed by atoms with E-state index in [1.165, 1.54) is 0 Å². The molecule has 0 saturated carbocycles. The zero-order chi connectivity index (χ0) is 20.9. The molecule has 0 atom stereocenters. The number of aromatic amines is 1. The standard InChI is InChI=1S/C24H25N5O/c1-17-7-6-12-25-23(17)15-29(14-19-8-4-3-5-9-19)16-24(30)28-20-10-11-21-22(13-20)27-18(2)26-21/h3-13H,14-16H2,1-2H3,(H,26,27)(H,28,30). The Labute approximate surface area is 176 Å². The molecule has 2 N–H and O–H groups in total. The van der Waals surface area contributed by atoms with Crippen LogP contribution in [0.25, 0.3) is 11.0 Å². The molecule has 152 valence electrons. The van der Waals surface area contributed by atoms with Crippen LogP contribution in [-0.4, -0.2) is 32.3 Å². The van der Waals surface area contributed by atoms with Gasteiger partial charge in [-0.05, 0) is 49.2 Å². The first kappa shape index (κ1) is 19.8. The summed E-state index contributed by atoms with van der Waals surface area (Å²) in [5.74, 6) is 0.795. The summed E-state index contributed by atoms with van der Waals surface area (Å²) in [7, 11) is 0. The van der Waals surface area contributed by atoms with Crippen LogP contribution < -0.4 is 5.32 Å². The van der Waals surface area contributed by atoms with Crippen molar-refractivity contribution in [3.8, 4) is 0 Å². The van der Waals surface area contributed by atoms with Gasteiger partial charge >= 0.3 is 0 Å². The van der Waals surface area contributed by atoms with Crippen molar-refractivity contribution in [3.05, 3.63) is 89.5 Å². The maximum Gasteiger partial charge on any atom is 0.238 e. The summed E-state index contributed by atoms with van der Waals surface area (Å²) in [6.45, 7) is 5.51. The average molecular weight is 399 g/mol. The van der Waals surface area contributed by atoms with Gasteiger partial charge in [0.05, 0.1) is 23.3 Å². The second-order valence-corrected chi connectivity index (χ2v) is 7.50. The monoisotopic (exact) mass is 399 g/mol. The normalized spacial score (nSPS) is 11.2. The van der Waals surface area contributed by atoms with Crippen molar-refractivity contribution < 1.29 is 4.79 Å². The molecular formula is C24H25N5O. The fraction of sp³-hybridized carbons (Fsp3) is 0.208. The Balaban J connectivity index is 1.49. The number of nitrogens with zero attached hydrogens (tertiary/aromatic N) is 3. The van der Waals surface area contributed by atoms with Crippen LogP contribution in [0.4, 0.5) is 5.69 Å². The summed E-state index contributed by atoms with van der Waals surface area (Å²) < 4.78 is 0. The first-order valence-corrected chi connectivity index (χ1v) is 10.00. The lowest BCUT2D eigenvalue weighted by atomic mass is 10.1. The van der Waals surface area contributed by atoms with Gasteiger partial charge in [0.1, 0.15) is 5.82 Å². The SMILES string of the molecule is Cc1nc2ccc(NC(=O)CN(Cc3ccccc3)Cc3ncccc3C)cc2[nH]1. The number of amides is 1. The Morgan fingerprint density at radius 1 is 1.03 bits per heavy atom. The topological polar surface area (TPSA) is 73.9 Å². The summed E-state index contributed by atoms with van der Waals surface area (Å²) >= 11 is 0. The Morgan fingerprint density at radius 2 is 1.87 bits per heavy atom. The van der Waals surface area contributed by atoms with Gasteiger partial charge in [-0.15, -0.1) is 0 Å². The van der Waals surface area contributed by atoms with Gasteiger partial charge in [0.25, 0.3) is 0 Å². The van der Waals surface area contributed by atoms with Crippen molar-refractivity contribution in [2.75, 3.05) is 11.9 Å². The number of carbonyl (C=O) groups excluding carboxylic acids is 1. The second kappa shape index (κ2) is 8.88. The first-order valence-electron chi connectivity index (χ1n) is 10.00. The van der Waals surface area contributed by atoms with Crippen molar-refractivity contribution in [2.45, 2.75) is 26.9 Å². The van der Waals surface area contributed by atoms with Crippen LogP contribution in [0.3, 0.4) is 0 Å². The first-order chi connectivity index (χ1) is 14.6. The van der Waals surface area contributed by atoms with E-state index in [-0.39, 0.29) is 12.5 Å². The van der Waals surface area contributed by atoms with Crippen LogP contribution in [0.15, 0.2) is 66.9 Å². The maximum absolute atomic E-state index is 12.8. The second-order valence-electron chi connectivity index (χ2n) is 7.50. The number of imidazole rings is 1. The van der Waals surface area contributed by atoms with Gasteiger partial charge in [-0.1, -0.05) is 36.4 Å². The number of aryl methyl sites for hydroxylation is 2. The molecule has 0 radical (unpaired) electrons. The summed E-state index contributed by atoms with van der Waals surface area (Å²) in [5.41, 5.74) is 5.82. The molecule has 0 saturated heterocycles. The number of aromatic nitrogens is 3. The molecule has 0 aliphatic rings. The van der Waals surface area contributed by atoms with Gasteiger partial charge < -0.3 is 10.3 Å². The summed E-state index contributed by atoms with van der Waals surface area (Å²) in [6, 6.07) is 19.9. The largest absolute Gasteiger partial charge is 0.342 e. The third-order valence-electron chi connectivity index (χ3n) is 4.99. The van der Waals surface area contributed by atoms with Crippen molar-refractivity contribution >= 4 is 22.6 Å². The van der Waals surface area contributed by atoms with Crippen molar-refractivity contribution in [3.63, 3.8) is 0 Å². The third-order valence-corrected chi connectivity index (χ3v) is 4.99. The maximum atomic E-state index is 12.8. The number of H-pyrrole nitrogens is 1. The highest BCUT2D eigenvalue weighted by Crippen LogP contribution is 2.17. The van der Waals surface area contributed by atoms with Crippen molar-refractivity contribution in [2.24, 2.45) is 0 Å². The van der Waals surface area contributed by atoms with E-state index in [1.807, 2.05) is 62.4 Å². The molecule has 2 heterocycles. The van der Waals surface area contributed by atoms with E-state index in [1.54, 1.807) is 6.20 Å². The number of anilines is 1. The number of nitrogens with one attached hydrogen (secondary N) is 2. The van der Waals surface area contributed by atoms with E-state index in [9.17, 15) is 4.79 Å². The lowest BCUT2D eigenvalue weighted by Gasteiger charge is -2.22. The minimum atomic E-state index is -0.0601. The molecule has 1 amide bonds. The van der Waals surface area contributed by atoms with Crippen LogP contribution in [0.2, 0.25) is 0 Å². The number of hydrogen-bond acceptors (Lipinski definition) is 4. The zero-order valence-corrected chi connectivity index (χ0v) is 17.2. The number of fused-ring (bicyclic) bond motifs is 1. The number of pyridine rings is 1. The van der Waals surface area contributed by atoms with E-state index in [0.717, 1.165) is 39.4 Å². The Morgan fingerprint density at radius 3 is 2.67 bits per heavy atom. The highest BCUT2D eigenvalue weighted by atomic mass is 16.2. The van der Waals surface area contributed by atoms with Gasteiger partial charge in [0.15, 0.2) is 0 Å². The van der Waals surface area contributed by atoms with E-state index < -0.39 is 0 Å². The molecule has 0 bridgehead atoms. The minimum Gasteiger partial charge on any atom is -0.342 e. The van der Waals surface area contributed by atoms with Crippen LogP contribution in [0.1, 0.15) is 22.6 Å². The number of hydrogen-bond donors (Lipinski definition) is 2. The Bertz CT molecular complexity index is 1150. The molecular weight excluding hydrogens is 374 g/mol. The molecule has 6 nitrogen and oxygen atoms in total. The van der Waals surface area contributed by atoms with Gasteiger partial charge in [0.2, 0.25) is 5.91 Å². The van der Waals surface area contributed by atoms with Gasteiger partial charge in [-0.25, -0.2) is 4.98 Å². The Kier molecular flexibility index (Phi) is 5.86. The highest BCUT2D eigenvalue weighted by molar-refractivity contribution is 5.94. The molecule has 0 spiro atoms. The van der Waals surface area contributed by atoms with Crippen molar-refractivity contribution in [1.82, 2.24) is 19.9 Å². The number of carbonyl (C=O) groups is 1. The van der Waals surface area contributed by atoms with Crippen LogP contribution in [-0.2, 0) is 17.9 Å². The molecule has 4 aromatic rings. The van der Waals surface area contributed by atoms with E-state index >= 15 is 0 Å². The van der Waals surface area contributed by atoms with Crippen LogP contribution in [0.5, 0.6) is 0 Å². The van der Waals surface area contributed by atoms with Gasteiger partial charge in [-0.2, -0.15) is 0 Å². The zero-order valence-electron chi connectivity index (χ0n) is 17.2. The van der Waals surface area contributed by atoms with E-state index in [4.69, 9.17) is 0 Å². The van der Waals surface area contributed by atoms with Crippen LogP contribution in [0, 0.1) is 13.8 Å². The molecule has 30 heavy (non-hydrogen) atoms. The minimum absolute atomic E-state index is 0.0601. The summed E-state index contributed by atoms with van der Waals surface area (Å²) in [4.78, 5) is 27.0. The molecule has 2 aromatic carbocycles. The fourth-order valence-electron chi connectivity index (χ4n) is 3.52. The Hall–Kier alpha value is -3.51. The molecule has 4 rings (SSSR count). The molecule has 0 unspecified atom stereocenters. The quantitative estimate of drug-likeness (QED) is 0.488. The lowest BCUT2D eigenvalue weighted by Crippen LogP contribution is -2.33. The van der Waals surface area contributed by atoms with E-state index in [0.29, 0.717) is 13.1 Å². The lowest BCUT2D eigenvalue weighted by molar-refractivity contribution is -0.117. The number of benzene rings is 2. The molecule has 0 fully saturated rings. The third kappa shape index (κ3) is 4.90. The summed E-state index contributed by atoms with van der Waals surface area (Å²) in [5, 5.41) is 3.01. The fourth-order valence-corrected chi connectivity index (χ4v) is 3.52. The molecule has 0 aliphatic carbocycles. The summed E-state index contributed by atoms with van der Waals surface area (Å²) in [6.07, 6.45) is 1.80. The molecule has 6 heteroatoms. The highest BCUT2D eigenvalue weighted by Gasteiger charge is 2.14. The predicted molar refractivity (Wildman–Crippen MR) is 119 cm³/mol. The van der Waals surface area contributed by atoms with E-state index in [2.05, 4.69) is 37.3 Å². The molecule has 0 aliphatic heterocycles. The van der Waals surface area contributed by atoms with Crippen LogP contribution >= 0.6 is 0 Å².